The van der Waals surface area contributed by atoms with Crippen LogP contribution in [0.5, 0.6) is 23.0 Å². The number of fused-ring (bicyclic) bond motifs is 3. The summed E-state index contributed by atoms with van der Waals surface area (Å²) in [4.78, 5) is 4.39. The number of halogens is 1. The van der Waals surface area contributed by atoms with Crippen molar-refractivity contribution in [1.29, 1.82) is 0 Å². The Labute approximate surface area is 206 Å². The molecule has 8 nitrogen and oxygen atoms in total. The number of ether oxygens (including phenoxy) is 4. The van der Waals surface area contributed by atoms with Gasteiger partial charge in [0.25, 0.3) is 0 Å². The van der Waals surface area contributed by atoms with Gasteiger partial charge in [-0.05, 0) is 30.3 Å². The van der Waals surface area contributed by atoms with Crippen molar-refractivity contribution in [2.75, 3.05) is 26.6 Å². The Bertz CT molecular complexity index is 1470. The third-order valence-electron chi connectivity index (χ3n) is 6.51. The van der Waals surface area contributed by atoms with Crippen LogP contribution in [0.25, 0.3) is 5.70 Å². The second kappa shape index (κ2) is 8.60. The monoisotopic (exact) mass is 486 g/mol. The standard InChI is InChI=1S/C27H23FN4O4/c1-33-20-12-15(13-21(34-2)26(20)35-3)25-22-23(17-9-5-7-11-19(17)36-25)31-27-29-14-30-32(27)24(22)16-8-4-6-10-18(16)28/h4-14,24-25H,1-3H3,(H,29,30,31). The molecule has 4 aromatic rings. The average molecular weight is 487 g/mol. The third-order valence-corrected chi connectivity index (χ3v) is 6.51. The number of hydrogen-bond acceptors (Lipinski definition) is 7. The van der Waals surface area contributed by atoms with Crippen molar-refractivity contribution in [3.63, 3.8) is 0 Å². The van der Waals surface area contributed by atoms with Crippen LogP contribution in [0.2, 0.25) is 0 Å². The molecule has 36 heavy (non-hydrogen) atoms. The molecule has 0 spiro atoms. The van der Waals surface area contributed by atoms with E-state index in [0.717, 1.165) is 22.4 Å². The lowest BCUT2D eigenvalue weighted by Crippen LogP contribution is -2.32. The van der Waals surface area contributed by atoms with Gasteiger partial charge in [0.15, 0.2) is 11.5 Å². The van der Waals surface area contributed by atoms with E-state index in [1.807, 2.05) is 42.5 Å². The number of anilines is 1. The van der Waals surface area contributed by atoms with Gasteiger partial charge in [-0.3, -0.25) is 0 Å². The van der Waals surface area contributed by atoms with Gasteiger partial charge in [-0.25, -0.2) is 9.07 Å². The van der Waals surface area contributed by atoms with Gasteiger partial charge in [0.1, 0.15) is 30.0 Å². The van der Waals surface area contributed by atoms with Crippen LogP contribution in [0.1, 0.15) is 28.8 Å². The SMILES string of the molecule is COc1cc(C2Oc3ccccc3C3=C2C(c2ccccc2F)n2ncnc2N3)cc(OC)c1OC. The van der Waals surface area contributed by atoms with Crippen molar-refractivity contribution in [2.24, 2.45) is 0 Å². The van der Waals surface area contributed by atoms with E-state index < -0.39 is 12.1 Å². The summed E-state index contributed by atoms with van der Waals surface area (Å²) < 4.78 is 40.3. The Morgan fingerprint density at radius 3 is 2.39 bits per heavy atom. The number of nitrogens with zero attached hydrogens (tertiary/aromatic N) is 3. The van der Waals surface area contributed by atoms with Crippen LogP contribution in [0.15, 0.2) is 72.6 Å². The fourth-order valence-corrected chi connectivity index (χ4v) is 4.94. The van der Waals surface area contributed by atoms with Gasteiger partial charge in [-0.15, -0.1) is 0 Å². The highest BCUT2D eigenvalue weighted by Crippen LogP contribution is 2.52. The first-order chi connectivity index (χ1) is 17.6. The number of aromatic nitrogens is 3. The van der Waals surface area contributed by atoms with Crippen LogP contribution in [0.3, 0.4) is 0 Å². The first-order valence-electron chi connectivity index (χ1n) is 11.4. The Morgan fingerprint density at radius 1 is 0.944 bits per heavy atom. The quantitative estimate of drug-likeness (QED) is 0.425. The molecule has 0 saturated carbocycles. The van der Waals surface area contributed by atoms with E-state index in [4.69, 9.17) is 18.9 Å². The molecular formula is C27H23FN4O4. The summed E-state index contributed by atoms with van der Waals surface area (Å²) in [5, 5.41) is 7.86. The van der Waals surface area contributed by atoms with Gasteiger partial charge < -0.3 is 24.3 Å². The zero-order chi connectivity index (χ0) is 24.8. The van der Waals surface area contributed by atoms with Crippen molar-refractivity contribution in [3.05, 3.63) is 95.1 Å². The molecule has 3 heterocycles. The molecule has 3 aromatic carbocycles. The van der Waals surface area contributed by atoms with Crippen LogP contribution in [0.4, 0.5) is 10.3 Å². The summed E-state index contributed by atoms with van der Waals surface area (Å²) in [5.74, 6) is 2.30. The minimum atomic E-state index is -0.627. The van der Waals surface area contributed by atoms with Crippen LogP contribution in [-0.2, 0) is 0 Å². The lowest BCUT2D eigenvalue weighted by Gasteiger charge is -2.39. The molecule has 6 rings (SSSR count). The van der Waals surface area contributed by atoms with E-state index in [1.165, 1.54) is 12.4 Å². The summed E-state index contributed by atoms with van der Waals surface area (Å²) in [6.45, 7) is 0. The first-order valence-corrected chi connectivity index (χ1v) is 11.4. The molecule has 182 valence electrons. The Balaban J connectivity index is 1.64. The van der Waals surface area contributed by atoms with E-state index in [0.29, 0.717) is 34.5 Å². The molecule has 0 saturated heterocycles. The molecule has 1 aromatic heterocycles. The number of hydrogen-bond donors (Lipinski definition) is 1. The molecule has 0 amide bonds. The average Bonchev–Trinajstić information content (AvgIpc) is 3.39. The number of nitrogens with one attached hydrogen (secondary N) is 1. The maximum absolute atomic E-state index is 15.3. The zero-order valence-electron chi connectivity index (χ0n) is 19.9. The number of para-hydroxylation sites is 1. The van der Waals surface area contributed by atoms with Crippen LogP contribution in [0, 0.1) is 5.82 Å². The fraction of sp³-hybridized carbons (Fsp3) is 0.185. The summed E-state index contributed by atoms with van der Waals surface area (Å²) in [6.07, 6.45) is 0.827. The van der Waals surface area contributed by atoms with E-state index in [2.05, 4.69) is 15.4 Å². The Morgan fingerprint density at radius 2 is 1.67 bits per heavy atom. The van der Waals surface area contributed by atoms with E-state index in [9.17, 15) is 0 Å². The normalized spacial score (nSPS) is 17.8. The van der Waals surface area contributed by atoms with Gasteiger partial charge in [0.05, 0.1) is 27.0 Å². The van der Waals surface area contributed by atoms with E-state index in [-0.39, 0.29) is 5.82 Å². The highest BCUT2D eigenvalue weighted by atomic mass is 19.1. The third kappa shape index (κ3) is 3.27. The molecule has 2 aliphatic rings. The minimum Gasteiger partial charge on any atom is -0.493 e. The second-order valence-electron chi connectivity index (χ2n) is 8.36. The fourth-order valence-electron chi connectivity index (χ4n) is 4.94. The highest BCUT2D eigenvalue weighted by Gasteiger charge is 2.42. The molecule has 0 bridgehead atoms. The molecule has 0 fully saturated rings. The van der Waals surface area contributed by atoms with Crippen LogP contribution < -0.4 is 24.3 Å². The molecule has 1 N–H and O–H groups in total. The zero-order valence-corrected chi connectivity index (χ0v) is 19.9. The van der Waals surface area contributed by atoms with Gasteiger partial charge in [0.2, 0.25) is 11.7 Å². The summed E-state index contributed by atoms with van der Waals surface area (Å²) in [5.41, 5.74) is 3.64. The Kier molecular flexibility index (Phi) is 5.25. The van der Waals surface area contributed by atoms with E-state index in [1.54, 1.807) is 38.1 Å². The van der Waals surface area contributed by atoms with Gasteiger partial charge in [-0.2, -0.15) is 10.1 Å². The van der Waals surface area contributed by atoms with Crippen molar-refractivity contribution >= 4 is 11.6 Å². The van der Waals surface area contributed by atoms with Crippen molar-refractivity contribution < 1.29 is 23.3 Å². The molecule has 2 atom stereocenters. The molecule has 2 unspecified atom stereocenters. The lowest BCUT2D eigenvalue weighted by molar-refractivity contribution is 0.220. The molecule has 2 aliphatic heterocycles. The maximum Gasteiger partial charge on any atom is 0.226 e. The first kappa shape index (κ1) is 22.0. The maximum atomic E-state index is 15.3. The predicted octanol–water partition coefficient (Wildman–Crippen LogP) is 5.00. The minimum absolute atomic E-state index is 0.347. The molecule has 9 heteroatoms. The van der Waals surface area contributed by atoms with Crippen molar-refractivity contribution in [2.45, 2.75) is 12.1 Å². The lowest BCUT2D eigenvalue weighted by atomic mass is 9.84. The van der Waals surface area contributed by atoms with Gasteiger partial charge in [-0.1, -0.05) is 30.3 Å². The molecule has 0 radical (unpaired) electrons. The smallest absolute Gasteiger partial charge is 0.226 e. The van der Waals surface area contributed by atoms with Crippen molar-refractivity contribution in [1.82, 2.24) is 14.8 Å². The predicted molar refractivity (Wildman–Crippen MR) is 131 cm³/mol. The number of benzene rings is 3. The highest BCUT2D eigenvalue weighted by molar-refractivity contribution is 5.85. The molecular weight excluding hydrogens is 463 g/mol. The second-order valence-corrected chi connectivity index (χ2v) is 8.36. The largest absolute Gasteiger partial charge is 0.493 e. The number of rotatable bonds is 5. The summed E-state index contributed by atoms with van der Waals surface area (Å²) in [7, 11) is 4.68. The molecule has 0 aliphatic carbocycles. The van der Waals surface area contributed by atoms with Gasteiger partial charge in [0, 0.05) is 22.3 Å². The van der Waals surface area contributed by atoms with Gasteiger partial charge >= 0.3 is 0 Å². The summed E-state index contributed by atoms with van der Waals surface area (Å²) >= 11 is 0. The number of methoxy groups -OCH3 is 3. The van der Waals surface area contributed by atoms with E-state index >= 15 is 4.39 Å². The van der Waals surface area contributed by atoms with Crippen molar-refractivity contribution in [3.8, 4) is 23.0 Å². The topological polar surface area (TPSA) is 79.7 Å². The van der Waals surface area contributed by atoms with Crippen LogP contribution >= 0.6 is 0 Å². The van der Waals surface area contributed by atoms with Crippen LogP contribution in [-0.4, -0.2) is 36.1 Å². The summed E-state index contributed by atoms with van der Waals surface area (Å²) in [6, 6.07) is 17.5. The Hall–Kier alpha value is -4.53.